The molecule has 2 N–H and O–H groups in total. The maximum Gasteiger partial charge on any atom is 0.407 e. The van der Waals surface area contributed by atoms with E-state index in [1.54, 1.807) is 38.6 Å². The van der Waals surface area contributed by atoms with Crippen molar-refractivity contribution in [2.75, 3.05) is 12.3 Å². The van der Waals surface area contributed by atoms with Crippen LogP contribution in [0.1, 0.15) is 45.2 Å². The summed E-state index contributed by atoms with van der Waals surface area (Å²) < 4.78 is 18.6. The molecule has 0 fully saturated rings. The first kappa shape index (κ1) is 18.6. The summed E-state index contributed by atoms with van der Waals surface area (Å²) in [5, 5.41) is 5.46. The first-order valence-corrected chi connectivity index (χ1v) is 8.91. The summed E-state index contributed by atoms with van der Waals surface area (Å²) in [6, 6.07) is 4.47. The van der Waals surface area contributed by atoms with Crippen LogP contribution in [0.5, 0.6) is 0 Å². The van der Waals surface area contributed by atoms with Crippen LogP contribution >= 0.6 is 11.8 Å². The number of thioether (sulfide) groups is 1. The fourth-order valence-electron chi connectivity index (χ4n) is 2.37. The highest BCUT2D eigenvalue weighted by atomic mass is 32.2. The monoisotopic (exact) mass is 354 g/mol. The third kappa shape index (κ3) is 5.70. The average Bonchev–Trinajstić information content (AvgIpc) is 2.46. The van der Waals surface area contributed by atoms with E-state index in [0.29, 0.717) is 0 Å². The van der Waals surface area contributed by atoms with Crippen LogP contribution in [0, 0.1) is 5.82 Å². The summed E-state index contributed by atoms with van der Waals surface area (Å²) in [6.45, 7) is 5.52. The number of amides is 2. The van der Waals surface area contributed by atoms with Gasteiger partial charge in [-0.15, -0.1) is 11.8 Å². The molecule has 1 aromatic rings. The molecule has 0 saturated heterocycles. The van der Waals surface area contributed by atoms with E-state index >= 15 is 0 Å². The van der Waals surface area contributed by atoms with Gasteiger partial charge in [-0.25, -0.2) is 9.18 Å². The molecule has 0 radical (unpaired) electrons. The predicted octanol–water partition coefficient (Wildman–Crippen LogP) is 3.39. The molecular formula is C17H23FN2O3S. The lowest BCUT2D eigenvalue weighted by atomic mass is 10.0. The topological polar surface area (TPSA) is 67.4 Å². The number of alkyl carbamates (subject to hydrolysis) is 1. The first-order valence-electron chi connectivity index (χ1n) is 7.93. The summed E-state index contributed by atoms with van der Waals surface area (Å²) in [6.07, 6.45) is 0.358. The van der Waals surface area contributed by atoms with Crippen LogP contribution < -0.4 is 10.6 Å². The zero-order chi connectivity index (χ0) is 17.7. The van der Waals surface area contributed by atoms with Gasteiger partial charge in [-0.05, 0) is 51.0 Å². The number of hydrogen-bond donors (Lipinski definition) is 2. The summed E-state index contributed by atoms with van der Waals surface area (Å²) >= 11 is 1.66. The number of rotatable bonds is 4. The van der Waals surface area contributed by atoms with Gasteiger partial charge in [0.2, 0.25) is 5.91 Å². The van der Waals surface area contributed by atoms with Gasteiger partial charge >= 0.3 is 6.09 Å². The molecule has 1 heterocycles. The Morgan fingerprint density at radius 3 is 2.83 bits per heavy atom. The highest BCUT2D eigenvalue weighted by molar-refractivity contribution is 7.99. The van der Waals surface area contributed by atoms with Crippen molar-refractivity contribution in [3.63, 3.8) is 0 Å². The lowest BCUT2D eigenvalue weighted by Crippen LogP contribution is -2.36. The molecule has 5 nitrogen and oxygen atoms in total. The van der Waals surface area contributed by atoms with Gasteiger partial charge in [0.15, 0.2) is 0 Å². The number of hydrogen-bond acceptors (Lipinski definition) is 4. The molecule has 0 saturated carbocycles. The van der Waals surface area contributed by atoms with Crippen molar-refractivity contribution < 1.29 is 18.7 Å². The first-order chi connectivity index (χ1) is 11.2. The SMILES string of the molecule is CC(C)(C)OC(=O)NCCC(=O)NC1CCSc2ccc(F)cc21. The Labute approximate surface area is 145 Å². The number of ether oxygens (including phenoxy) is 1. The number of benzene rings is 1. The van der Waals surface area contributed by atoms with Crippen LogP contribution in [-0.2, 0) is 9.53 Å². The average molecular weight is 354 g/mol. The van der Waals surface area contributed by atoms with Crippen LogP contribution in [0.2, 0.25) is 0 Å². The van der Waals surface area contributed by atoms with Gasteiger partial charge in [-0.3, -0.25) is 4.79 Å². The third-order valence-electron chi connectivity index (χ3n) is 3.37. The predicted molar refractivity (Wildman–Crippen MR) is 91.5 cm³/mol. The van der Waals surface area contributed by atoms with Crippen molar-refractivity contribution in [2.24, 2.45) is 0 Å². The van der Waals surface area contributed by atoms with Gasteiger partial charge in [0.1, 0.15) is 11.4 Å². The van der Waals surface area contributed by atoms with Crippen LogP contribution in [0.15, 0.2) is 23.1 Å². The number of halogens is 1. The van der Waals surface area contributed by atoms with Crippen LogP contribution in [0.3, 0.4) is 0 Å². The van der Waals surface area contributed by atoms with Crippen molar-refractivity contribution in [3.8, 4) is 0 Å². The maximum absolute atomic E-state index is 13.4. The molecule has 1 aliphatic heterocycles. The Hall–Kier alpha value is -1.76. The summed E-state index contributed by atoms with van der Waals surface area (Å²) in [5.41, 5.74) is 0.250. The van der Waals surface area contributed by atoms with Crippen LogP contribution in [0.25, 0.3) is 0 Å². The van der Waals surface area contributed by atoms with Crippen molar-refractivity contribution in [1.82, 2.24) is 10.6 Å². The summed E-state index contributed by atoms with van der Waals surface area (Å²) in [5.74, 6) is 0.389. The Morgan fingerprint density at radius 2 is 2.12 bits per heavy atom. The van der Waals surface area contributed by atoms with Gasteiger partial charge < -0.3 is 15.4 Å². The number of carbonyl (C=O) groups excluding carboxylic acids is 2. The molecule has 24 heavy (non-hydrogen) atoms. The lowest BCUT2D eigenvalue weighted by Gasteiger charge is -2.26. The standard InChI is InChI=1S/C17H23FN2O3S/c1-17(2,3)23-16(22)19-8-6-15(21)20-13-7-9-24-14-5-4-11(18)10-12(13)14/h4-5,10,13H,6-9H2,1-3H3,(H,19,22)(H,20,21). The van der Waals surface area contributed by atoms with E-state index in [1.165, 1.54) is 12.1 Å². The van der Waals surface area contributed by atoms with Gasteiger partial charge in [-0.2, -0.15) is 0 Å². The second kappa shape index (κ2) is 7.88. The van der Waals surface area contributed by atoms with E-state index in [4.69, 9.17) is 4.74 Å². The third-order valence-corrected chi connectivity index (χ3v) is 4.49. The van der Waals surface area contributed by atoms with Crippen molar-refractivity contribution >= 4 is 23.8 Å². The number of fused-ring (bicyclic) bond motifs is 1. The molecule has 0 aromatic heterocycles. The Bertz CT molecular complexity index is 616. The smallest absolute Gasteiger partial charge is 0.407 e. The Kier molecular flexibility index (Phi) is 6.10. The van der Waals surface area contributed by atoms with E-state index in [2.05, 4.69) is 10.6 Å². The molecule has 0 bridgehead atoms. The Balaban J connectivity index is 1.82. The molecule has 2 amide bonds. The molecule has 7 heteroatoms. The van der Waals surface area contributed by atoms with Gasteiger partial charge in [0.05, 0.1) is 6.04 Å². The molecule has 0 aliphatic carbocycles. The minimum Gasteiger partial charge on any atom is -0.444 e. The maximum atomic E-state index is 13.4. The minimum absolute atomic E-state index is 0.146. The van der Waals surface area contributed by atoms with E-state index in [0.717, 1.165) is 22.6 Å². The van der Waals surface area contributed by atoms with Crippen molar-refractivity contribution in [1.29, 1.82) is 0 Å². The molecule has 0 spiro atoms. The van der Waals surface area contributed by atoms with Gasteiger partial charge in [0.25, 0.3) is 0 Å². The van der Waals surface area contributed by atoms with Crippen molar-refractivity contribution in [2.45, 2.75) is 50.2 Å². The largest absolute Gasteiger partial charge is 0.444 e. The molecule has 1 aliphatic rings. The molecule has 1 aromatic carbocycles. The van der Waals surface area contributed by atoms with Crippen molar-refractivity contribution in [3.05, 3.63) is 29.6 Å². The molecule has 1 unspecified atom stereocenters. The van der Waals surface area contributed by atoms with E-state index in [9.17, 15) is 14.0 Å². The summed E-state index contributed by atoms with van der Waals surface area (Å²) in [4.78, 5) is 24.6. The highest BCUT2D eigenvalue weighted by Gasteiger charge is 2.23. The fraction of sp³-hybridized carbons (Fsp3) is 0.529. The zero-order valence-electron chi connectivity index (χ0n) is 14.1. The number of carbonyl (C=O) groups is 2. The van der Waals surface area contributed by atoms with Gasteiger partial charge in [0, 0.05) is 23.6 Å². The second-order valence-electron chi connectivity index (χ2n) is 6.62. The normalized spacial score (nSPS) is 16.9. The molecule has 2 rings (SSSR count). The van der Waals surface area contributed by atoms with Crippen LogP contribution in [-0.4, -0.2) is 29.9 Å². The van der Waals surface area contributed by atoms with E-state index < -0.39 is 11.7 Å². The van der Waals surface area contributed by atoms with Gasteiger partial charge in [-0.1, -0.05) is 0 Å². The summed E-state index contributed by atoms with van der Waals surface area (Å²) in [7, 11) is 0. The molecule has 1 atom stereocenters. The molecule has 132 valence electrons. The lowest BCUT2D eigenvalue weighted by molar-refractivity contribution is -0.121. The van der Waals surface area contributed by atoms with E-state index in [1.807, 2.05) is 0 Å². The highest BCUT2D eigenvalue weighted by Crippen LogP contribution is 2.36. The second-order valence-corrected chi connectivity index (χ2v) is 7.75. The van der Waals surface area contributed by atoms with E-state index in [-0.39, 0.29) is 30.7 Å². The van der Waals surface area contributed by atoms with Crippen LogP contribution in [0.4, 0.5) is 9.18 Å². The number of nitrogens with one attached hydrogen (secondary N) is 2. The zero-order valence-corrected chi connectivity index (χ0v) is 15.0. The Morgan fingerprint density at radius 1 is 1.38 bits per heavy atom. The minimum atomic E-state index is -0.570. The molecular weight excluding hydrogens is 331 g/mol. The quantitative estimate of drug-likeness (QED) is 0.870. The fourth-order valence-corrected chi connectivity index (χ4v) is 3.48.